The van der Waals surface area contributed by atoms with E-state index in [1.807, 2.05) is 11.0 Å². The minimum Gasteiger partial charge on any atom is -0.361 e. The van der Waals surface area contributed by atoms with Crippen LogP contribution in [-0.4, -0.2) is 34.3 Å². The van der Waals surface area contributed by atoms with Crippen molar-refractivity contribution < 1.29 is 4.79 Å². The van der Waals surface area contributed by atoms with Crippen LogP contribution in [0.5, 0.6) is 0 Å². The minimum absolute atomic E-state index is 0.000545. The van der Waals surface area contributed by atoms with Crippen molar-refractivity contribution in [3.63, 3.8) is 0 Å². The van der Waals surface area contributed by atoms with E-state index in [9.17, 15) is 4.79 Å². The van der Waals surface area contributed by atoms with Gasteiger partial charge in [-0.25, -0.2) is 0 Å². The number of H-pyrrole nitrogens is 1. The van der Waals surface area contributed by atoms with Crippen LogP contribution in [0.2, 0.25) is 0 Å². The van der Waals surface area contributed by atoms with Gasteiger partial charge >= 0.3 is 0 Å². The number of benzene rings is 1. The molecule has 1 amide bonds. The smallest absolute Gasteiger partial charge is 0.224 e. The van der Waals surface area contributed by atoms with Crippen LogP contribution < -0.4 is 0 Å². The van der Waals surface area contributed by atoms with Crippen LogP contribution >= 0.6 is 11.6 Å². The normalized spacial score (nSPS) is 19.5. The van der Waals surface area contributed by atoms with E-state index in [0.29, 0.717) is 13.0 Å². The van der Waals surface area contributed by atoms with Gasteiger partial charge in [0.25, 0.3) is 0 Å². The Bertz CT molecular complexity index is 593. The number of hydrogen-bond donors (Lipinski definition) is 1. The van der Waals surface area contributed by atoms with Crippen molar-refractivity contribution in [2.75, 3.05) is 13.1 Å². The maximum atomic E-state index is 11.6. The number of carbonyl (C=O) groups excluding carboxylic acids is 1. The fourth-order valence-corrected chi connectivity index (χ4v) is 3.04. The van der Waals surface area contributed by atoms with E-state index >= 15 is 0 Å². The molecule has 0 bridgehead atoms. The van der Waals surface area contributed by atoms with Gasteiger partial charge in [0.1, 0.15) is 0 Å². The minimum atomic E-state index is 0.000545. The van der Waals surface area contributed by atoms with Gasteiger partial charge in [-0.1, -0.05) is 18.2 Å². The van der Waals surface area contributed by atoms with Crippen molar-refractivity contribution in [3.8, 4) is 0 Å². The highest BCUT2D eigenvalue weighted by Gasteiger charge is 2.27. The Morgan fingerprint density at radius 3 is 3.00 bits per heavy atom. The average Bonchev–Trinajstić information content (AvgIpc) is 2.94. The molecule has 2 heterocycles. The molecule has 0 spiro atoms. The number of alkyl halides is 1. The summed E-state index contributed by atoms with van der Waals surface area (Å²) in [5.74, 6) is 0.193. The summed E-state index contributed by atoms with van der Waals surface area (Å²) in [6.07, 6.45) is 4.54. The third kappa shape index (κ3) is 2.61. The van der Waals surface area contributed by atoms with Crippen LogP contribution in [0, 0.1) is 0 Å². The van der Waals surface area contributed by atoms with Crippen LogP contribution in [0.25, 0.3) is 10.9 Å². The third-order valence-electron chi connectivity index (χ3n) is 3.72. The second-order valence-electron chi connectivity index (χ2n) is 5.10. The summed E-state index contributed by atoms with van der Waals surface area (Å²) in [7, 11) is 0. The number of aromatic amines is 1. The molecular formula is C15H17ClN2O. The molecule has 3 nitrogen and oxygen atoms in total. The summed E-state index contributed by atoms with van der Waals surface area (Å²) in [5.41, 5.74) is 2.50. The van der Waals surface area contributed by atoms with Gasteiger partial charge in [-0.2, -0.15) is 0 Å². The first kappa shape index (κ1) is 12.5. The molecule has 1 N–H and O–H groups in total. The molecule has 1 aliphatic rings. The van der Waals surface area contributed by atoms with Crippen molar-refractivity contribution in [3.05, 3.63) is 36.0 Å². The molecule has 1 aromatic carbocycles. The zero-order valence-corrected chi connectivity index (χ0v) is 11.5. The van der Waals surface area contributed by atoms with Crippen LogP contribution in [0.3, 0.4) is 0 Å². The molecule has 0 aliphatic carbocycles. The SMILES string of the molecule is O=C1CC(Cl)CN1CCCc1c[nH]c2ccccc12. The molecule has 0 radical (unpaired) electrons. The van der Waals surface area contributed by atoms with Gasteiger partial charge < -0.3 is 9.88 Å². The fraction of sp³-hybridized carbons (Fsp3) is 0.400. The number of likely N-dealkylation sites (tertiary alicyclic amines) is 1. The first-order valence-electron chi connectivity index (χ1n) is 6.71. The summed E-state index contributed by atoms with van der Waals surface area (Å²) < 4.78 is 0. The molecule has 1 fully saturated rings. The van der Waals surface area contributed by atoms with Crippen LogP contribution in [0.15, 0.2) is 30.5 Å². The number of halogens is 1. The van der Waals surface area contributed by atoms with Crippen molar-refractivity contribution in [1.82, 2.24) is 9.88 Å². The first-order chi connectivity index (χ1) is 9.24. The lowest BCUT2D eigenvalue weighted by Crippen LogP contribution is -2.26. The number of aromatic nitrogens is 1. The van der Waals surface area contributed by atoms with Crippen molar-refractivity contribution in [2.24, 2.45) is 0 Å². The number of fused-ring (bicyclic) bond motifs is 1. The first-order valence-corrected chi connectivity index (χ1v) is 7.14. The molecule has 1 saturated heterocycles. The molecular weight excluding hydrogens is 260 g/mol. The van der Waals surface area contributed by atoms with Gasteiger partial charge in [0.15, 0.2) is 0 Å². The lowest BCUT2D eigenvalue weighted by molar-refractivity contribution is -0.127. The number of nitrogens with zero attached hydrogens (tertiary/aromatic N) is 1. The molecule has 2 aromatic rings. The highest BCUT2D eigenvalue weighted by molar-refractivity contribution is 6.22. The molecule has 100 valence electrons. The number of para-hydroxylation sites is 1. The topological polar surface area (TPSA) is 36.1 Å². The summed E-state index contributed by atoms with van der Waals surface area (Å²) >= 11 is 5.99. The van der Waals surface area contributed by atoms with E-state index in [1.165, 1.54) is 16.5 Å². The Labute approximate surface area is 117 Å². The molecule has 4 heteroatoms. The van der Waals surface area contributed by atoms with Crippen molar-refractivity contribution >= 4 is 28.4 Å². The van der Waals surface area contributed by atoms with E-state index < -0.39 is 0 Å². The van der Waals surface area contributed by atoms with Crippen LogP contribution in [-0.2, 0) is 11.2 Å². The molecule has 1 aromatic heterocycles. The van der Waals surface area contributed by atoms with Gasteiger partial charge in [0, 0.05) is 36.6 Å². The Morgan fingerprint density at radius 1 is 1.37 bits per heavy atom. The van der Waals surface area contributed by atoms with E-state index in [-0.39, 0.29) is 11.3 Å². The molecule has 1 aliphatic heterocycles. The van der Waals surface area contributed by atoms with Crippen LogP contribution in [0.4, 0.5) is 0 Å². The Kier molecular flexibility index (Phi) is 3.47. The largest absolute Gasteiger partial charge is 0.361 e. The quantitative estimate of drug-likeness (QED) is 0.857. The molecule has 3 rings (SSSR count). The predicted molar refractivity (Wildman–Crippen MR) is 77.5 cm³/mol. The highest BCUT2D eigenvalue weighted by Crippen LogP contribution is 2.20. The van der Waals surface area contributed by atoms with E-state index in [0.717, 1.165) is 19.4 Å². The van der Waals surface area contributed by atoms with Crippen LogP contribution in [0.1, 0.15) is 18.4 Å². The van der Waals surface area contributed by atoms with Crippen molar-refractivity contribution in [1.29, 1.82) is 0 Å². The molecule has 1 atom stereocenters. The summed E-state index contributed by atoms with van der Waals surface area (Å²) in [6.45, 7) is 1.51. The maximum Gasteiger partial charge on any atom is 0.224 e. The third-order valence-corrected chi connectivity index (χ3v) is 4.01. The Balaban J connectivity index is 1.59. The van der Waals surface area contributed by atoms with Gasteiger partial charge in [-0.15, -0.1) is 11.6 Å². The fourth-order valence-electron chi connectivity index (χ4n) is 2.74. The van der Waals surface area contributed by atoms with Gasteiger partial charge in [0.05, 0.1) is 5.38 Å². The van der Waals surface area contributed by atoms with E-state index in [1.54, 1.807) is 0 Å². The average molecular weight is 277 g/mol. The summed E-state index contributed by atoms with van der Waals surface area (Å²) in [6, 6.07) is 8.31. The molecule has 19 heavy (non-hydrogen) atoms. The number of nitrogens with one attached hydrogen (secondary N) is 1. The summed E-state index contributed by atoms with van der Waals surface area (Å²) in [4.78, 5) is 16.8. The standard InChI is InChI=1S/C15H17ClN2O/c16-12-8-15(19)18(10-12)7-3-4-11-9-17-14-6-2-1-5-13(11)14/h1-2,5-6,9,12,17H,3-4,7-8,10H2. The summed E-state index contributed by atoms with van der Waals surface area (Å²) in [5, 5.41) is 1.28. The van der Waals surface area contributed by atoms with E-state index in [2.05, 4.69) is 29.4 Å². The Hall–Kier alpha value is -1.48. The number of hydrogen-bond acceptors (Lipinski definition) is 1. The number of carbonyl (C=O) groups is 1. The second kappa shape index (κ2) is 5.25. The lowest BCUT2D eigenvalue weighted by Gasteiger charge is -2.15. The second-order valence-corrected chi connectivity index (χ2v) is 5.72. The number of aryl methyl sites for hydroxylation is 1. The van der Waals surface area contributed by atoms with Gasteiger partial charge in [-0.05, 0) is 24.5 Å². The molecule has 1 unspecified atom stereocenters. The van der Waals surface area contributed by atoms with Gasteiger partial charge in [0.2, 0.25) is 5.91 Å². The number of amides is 1. The highest BCUT2D eigenvalue weighted by atomic mass is 35.5. The maximum absolute atomic E-state index is 11.6. The zero-order chi connectivity index (χ0) is 13.2. The van der Waals surface area contributed by atoms with E-state index in [4.69, 9.17) is 11.6 Å². The monoisotopic (exact) mass is 276 g/mol. The Morgan fingerprint density at radius 2 is 2.21 bits per heavy atom. The number of rotatable bonds is 4. The predicted octanol–water partition coefficient (Wildman–Crippen LogP) is 2.94. The zero-order valence-electron chi connectivity index (χ0n) is 10.7. The lowest BCUT2D eigenvalue weighted by atomic mass is 10.1. The molecule has 0 saturated carbocycles. The van der Waals surface area contributed by atoms with Crippen molar-refractivity contribution in [2.45, 2.75) is 24.6 Å². The van der Waals surface area contributed by atoms with Gasteiger partial charge in [-0.3, -0.25) is 4.79 Å².